The van der Waals surface area contributed by atoms with Crippen molar-refractivity contribution < 1.29 is 13.0 Å². The van der Waals surface area contributed by atoms with Gasteiger partial charge in [0.25, 0.3) is 10.1 Å². The molecular weight excluding hydrogens is 388 g/mol. The molecule has 0 atom stereocenters. The number of benzene rings is 2. The molecule has 0 saturated carbocycles. The Morgan fingerprint density at radius 1 is 0.931 bits per heavy atom. The highest BCUT2D eigenvalue weighted by molar-refractivity contribution is 7.85. The van der Waals surface area contributed by atoms with Crippen molar-refractivity contribution in [2.45, 2.75) is 25.7 Å². The summed E-state index contributed by atoms with van der Waals surface area (Å²) in [5.41, 5.74) is 3.84. The van der Waals surface area contributed by atoms with E-state index >= 15 is 0 Å². The predicted molar refractivity (Wildman–Crippen MR) is 112 cm³/mol. The summed E-state index contributed by atoms with van der Waals surface area (Å²) in [5, 5.41) is 15.7. The molecule has 0 aliphatic heterocycles. The van der Waals surface area contributed by atoms with Gasteiger partial charge in [-0.05, 0) is 62.2 Å². The van der Waals surface area contributed by atoms with Crippen LogP contribution in [0.25, 0.3) is 0 Å². The van der Waals surface area contributed by atoms with Crippen LogP contribution < -0.4 is 10.6 Å². The fraction of sp³-hybridized carbons (Fsp3) is 0.143. The van der Waals surface area contributed by atoms with Crippen molar-refractivity contribution in [3.05, 3.63) is 70.8 Å². The summed E-state index contributed by atoms with van der Waals surface area (Å²) in [7, 11) is -4.36. The van der Waals surface area contributed by atoms with E-state index in [0.29, 0.717) is 28.2 Å². The Morgan fingerprint density at radius 3 is 2.21 bits per heavy atom. The monoisotopic (exact) mass is 408 g/mol. The number of hydrogen-bond donors (Lipinski definition) is 3. The highest BCUT2D eigenvalue weighted by Gasteiger charge is 2.16. The number of aromatic nitrogens is 1. The van der Waals surface area contributed by atoms with Crippen molar-refractivity contribution in [2.24, 2.45) is 0 Å². The van der Waals surface area contributed by atoms with Gasteiger partial charge < -0.3 is 10.6 Å². The first-order chi connectivity index (χ1) is 13.7. The Morgan fingerprint density at radius 2 is 1.59 bits per heavy atom. The molecule has 148 valence electrons. The summed E-state index contributed by atoms with van der Waals surface area (Å²) in [4.78, 5) is 4.27. The van der Waals surface area contributed by atoms with Crippen molar-refractivity contribution in [3.8, 4) is 6.07 Å². The van der Waals surface area contributed by atoms with Gasteiger partial charge in [0.15, 0.2) is 5.82 Å². The Labute approximate surface area is 169 Å². The first-order valence-electron chi connectivity index (χ1n) is 8.78. The molecule has 0 radical (unpaired) electrons. The van der Waals surface area contributed by atoms with E-state index in [-0.39, 0.29) is 10.7 Å². The molecule has 3 aromatic rings. The first kappa shape index (κ1) is 20.3. The molecule has 0 unspecified atom stereocenters. The van der Waals surface area contributed by atoms with Crippen LogP contribution >= 0.6 is 0 Å². The lowest BCUT2D eigenvalue weighted by Gasteiger charge is -2.14. The van der Waals surface area contributed by atoms with Gasteiger partial charge in [0, 0.05) is 11.4 Å². The minimum atomic E-state index is -4.36. The standard InChI is InChI=1S/C21H20N4O3S/c1-13-4-7-16(8-5-13)23-20-10-15(3)18(12-22)21(25-20)24-17-9-6-14(2)19(11-17)29(26,27)28/h4-11H,1-3H3,(H2,23,24,25)(H,26,27,28). The molecule has 0 fully saturated rings. The summed E-state index contributed by atoms with van der Waals surface area (Å²) >= 11 is 0. The van der Waals surface area contributed by atoms with Crippen LogP contribution in [0.4, 0.5) is 23.0 Å². The molecule has 7 nitrogen and oxygen atoms in total. The number of pyridine rings is 1. The van der Waals surface area contributed by atoms with E-state index in [1.807, 2.05) is 31.2 Å². The maximum atomic E-state index is 11.6. The zero-order chi connectivity index (χ0) is 21.2. The average Bonchev–Trinajstić information content (AvgIpc) is 2.64. The fourth-order valence-corrected chi connectivity index (χ4v) is 3.60. The second kappa shape index (κ2) is 7.91. The van der Waals surface area contributed by atoms with E-state index < -0.39 is 10.1 Å². The third-order valence-corrected chi connectivity index (χ3v) is 5.38. The number of nitriles is 1. The third kappa shape index (κ3) is 4.71. The van der Waals surface area contributed by atoms with Crippen LogP contribution in [-0.4, -0.2) is 18.0 Å². The number of nitrogens with one attached hydrogen (secondary N) is 2. The molecular formula is C21H20N4O3S. The molecule has 2 aromatic carbocycles. The fourth-order valence-electron chi connectivity index (χ4n) is 2.85. The molecule has 0 amide bonds. The molecule has 0 aliphatic carbocycles. The maximum Gasteiger partial charge on any atom is 0.294 e. The van der Waals surface area contributed by atoms with Gasteiger partial charge in [-0.3, -0.25) is 4.55 Å². The molecule has 0 saturated heterocycles. The van der Waals surface area contributed by atoms with Crippen LogP contribution in [0.5, 0.6) is 0 Å². The van der Waals surface area contributed by atoms with E-state index in [1.54, 1.807) is 32.0 Å². The number of aryl methyl sites for hydroxylation is 3. The summed E-state index contributed by atoms with van der Waals surface area (Å²) < 4.78 is 32.5. The molecule has 0 bridgehead atoms. The van der Waals surface area contributed by atoms with Gasteiger partial charge in [0.1, 0.15) is 11.9 Å². The zero-order valence-corrected chi connectivity index (χ0v) is 17.0. The van der Waals surface area contributed by atoms with E-state index in [2.05, 4.69) is 21.7 Å². The molecule has 1 heterocycles. The maximum absolute atomic E-state index is 11.6. The highest BCUT2D eigenvalue weighted by Crippen LogP contribution is 2.28. The lowest BCUT2D eigenvalue weighted by molar-refractivity contribution is 0.482. The van der Waals surface area contributed by atoms with E-state index in [4.69, 9.17) is 0 Å². The minimum absolute atomic E-state index is 0.202. The highest BCUT2D eigenvalue weighted by atomic mass is 32.2. The normalized spacial score (nSPS) is 11.0. The molecule has 1 aromatic heterocycles. The van der Waals surface area contributed by atoms with Crippen LogP contribution in [0.3, 0.4) is 0 Å². The van der Waals surface area contributed by atoms with Crippen molar-refractivity contribution in [2.75, 3.05) is 10.6 Å². The quantitative estimate of drug-likeness (QED) is 0.528. The van der Waals surface area contributed by atoms with Crippen LogP contribution in [-0.2, 0) is 10.1 Å². The second-order valence-electron chi connectivity index (χ2n) is 6.73. The second-order valence-corrected chi connectivity index (χ2v) is 8.12. The Bertz CT molecular complexity index is 1210. The summed E-state index contributed by atoms with van der Waals surface area (Å²) in [6, 6.07) is 16.2. The summed E-state index contributed by atoms with van der Waals surface area (Å²) in [6.45, 7) is 5.38. The zero-order valence-electron chi connectivity index (χ0n) is 16.2. The van der Waals surface area contributed by atoms with Crippen molar-refractivity contribution >= 4 is 33.1 Å². The number of hydrogen-bond acceptors (Lipinski definition) is 6. The van der Waals surface area contributed by atoms with E-state index in [0.717, 1.165) is 11.3 Å². The van der Waals surface area contributed by atoms with Crippen LogP contribution in [0, 0.1) is 32.1 Å². The van der Waals surface area contributed by atoms with Gasteiger partial charge in [-0.15, -0.1) is 0 Å². The Hall–Kier alpha value is -3.41. The van der Waals surface area contributed by atoms with Crippen molar-refractivity contribution in [3.63, 3.8) is 0 Å². The smallest absolute Gasteiger partial charge is 0.294 e. The van der Waals surface area contributed by atoms with Crippen LogP contribution in [0.15, 0.2) is 53.4 Å². The predicted octanol–water partition coefficient (Wildman–Crippen LogP) is 4.61. The van der Waals surface area contributed by atoms with Crippen LogP contribution in [0.1, 0.15) is 22.3 Å². The number of anilines is 4. The topological polar surface area (TPSA) is 115 Å². The van der Waals surface area contributed by atoms with Crippen LogP contribution in [0.2, 0.25) is 0 Å². The number of nitrogens with zero attached hydrogens (tertiary/aromatic N) is 2. The third-order valence-electron chi connectivity index (χ3n) is 4.38. The molecule has 0 aliphatic rings. The van der Waals surface area contributed by atoms with Gasteiger partial charge in [-0.2, -0.15) is 13.7 Å². The average molecular weight is 408 g/mol. The Balaban J connectivity index is 1.99. The summed E-state index contributed by atoms with van der Waals surface area (Å²) in [6.07, 6.45) is 0. The van der Waals surface area contributed by atoms with Gasteiger partial charge in [0.05, 0.1) is 10.5 Å². The first-order valence-corrected chi connectivity index (χ1v) is 10.2. The van der Waals surface area contributed by atoms with E-state index in [9.17, 15) is 18.2 Å². The lowest BCUT2D eigenvalue weighted by atomic mass is 10.1. The van der Waals surface area contributed by atoms with Crippen molar-refractivity contribution in [1.82, 2.24) is 4.98 Å². The molecule has 3 N–H and O–H groups in total. The molecule has 0 spiro atoms. The van der Waals surface area contributed by atoms with Crippen molar-refractivity contribution in [1.29, 1.82) is 5.26 Å². The van der Waals surface area contributed by atoms with Gasteiger partial charge in [-0.1, -0.05) is 23.8 Å². The molecule has 29 heavy (non-hydrogen) atoms. The summed E-state index contributed by atoms with van der Waals surface area (Å²) in [5.74, 6) is 0.822. The van der Waals surface area contributed by atoms with E-state index in [1.165, 1.54) is 6.07 Å². The molecule has 8 heteroatoms. The lowest BCUT2D eigenvalue weighted by Crippen LogP contribution is -2.05. The molecule has 3 rings (SSSR count). The SMILES string of the molecule is Cc1ccc(Nc2cc(C)c(C#N)c(Nc3ccc(C)c(S(=O)(=O)O)c3)n2)cc1. The number of rotatable bonds is 5. The van der Waals surface area contributed by atoms with Gasteiger partial charge >= 0.3 is 0 Å². The van der Waals surface area contributed by atoms with Gasteiger partial charge in [0.2, 0.25) is 0 Å². The minimum Gasteiger partial charge on any atom is -0.340 e. The largest absolute Gasteiger partial charge is 0.340 e. The Kier molecular flexibility index (Phi) is 5.55. The van der Waals surface area contributed by atoms with Gasteiger partial charge in [-0.25, -0.2) is 4.98 Å².